The average Bonchev–Trinajstić information content (AvgIpc) is 2.80. The van der Waals surface area contributed by atoms with E-state index in [4.69, 9.17) is 5.11 Å². The first kappa shape index (κ1) is 13.0. The minimum Gasteiger partial charge on any atom is -0.477 e. The Labute approximate surface area is 111 Å². The summed E-state index contributed by atoms with van der Waals surface area (Å²) in [6.07, 6.45) is 0. The Morgan fingerprint density at radius 2 is 1.79 bits per heavy atom. The van der Waals surface area contributed by atoms with Crippen LogP contribution in [0.5, 0.6) is 0 Å². The lowest BCUT2D eigenvalue weighted by Crippen LogP contribution is -2.20. The highest BCUT2D eigenvalue weighted by Crippen LogP contribution is 2.22. The number of benzene rings is 1. The molecule has 19 heavy (non-hydrogen) atoms. The molecule has 2 rings (SSSR count). The molecule has 7 heteroatoms. The monoisotopic (exact) mass is 280 g/mol. The van der Waals surface area contributed by atoms with E-state index in [0.717, 1.165) is 11.3 Å². The van der Waals surface area contributed by atoms with Gasteiger partial charge in [-0.05, 0) is 35.7 Å². The lowest BCUT2D eigenvalue weighted by Gasteiger charge is -2.07. The highest BCUT2D eigenvalue weighted by Gasteiger charge is 2.13. The summed E-state index contributed by atoms with van der Waals surface area (Å²) in [5, 5.41) is 15.3. The summed E-state index contributed by atoms with van der Waals surface area (Å²) in [6.45, 7) is 0. The molecule has 0 fully saturated rings. The molecule has 0 aliphatic rings. The van der Waals surface area contributed by atoms with Crippen LogP contribution in [0.1, 0.15) is 9.67 Å². The average molecular weight is 280 g/mol. The van der Waals surface area contributed by atoms with Gasteiger partial charge in [-0.1, -0.05) is 0 Å². The largest absolute Gasteiger partial charge is 0.477 e. The summed E-state index contributed by atoms with van der Waals surface area (Å²) in [5.74, 6) is -1.51. The predicted molar refractivity (Wildman–Crippen MR) is 70.3 cm³/mol. The number of anilines is 2. The molecule has 0 unspecified atom stereocenters. The van der Waals surface area contributed by atoms with Crippen molar-refractivity contribution in [1.82, 2.24) is 0 Å². The molecule has 0 bridgehead atoms. The van der Waals surface area contributed by atoms with Gasteiger partial charge in [0.25, 0.3) is 0 Å². The van der Waals surface area contributed by atoms with Crippen LogP contribution in [0.2, 0.25) is 0 Å². The summed E-state index contributed by atoms with van der Waals surface area (Å²) in [7, 11) is 0. The second-order valence-electron chi connectivity index (χ2n) is 3.55. The van der Waals surface area contributed by atoms with E-state index in [2.05, 4.69) is 10.6 Å². The fourth-order valence-electron chi connectivity index (χ4n) is 1.39. The summed E-state index contributed by atoms with van der Waals surface area (Å²) < 4.78 is 12.7. The molecule has 0 aliphatic carbocycles. The van der Waals surface area contributed by atoms with Crippen molar-refractivity contribution >= 4 is 34.7 Å². The number of carboxylic acids is 1. The molecule has 98 valence electrons. The summed E-state index contributed by atoms with van der Waals surface area (Å²) >= 11 is 1.02. The van der Waals surface area contributed by atoms with E-state index in [1.165, 1.54) is 30.3 Å². The molecule has 0 saturated carbocycles. The third-order valence-corrected chi connectivity index (χ3v) is 3.11. The maximum atomic E-state index is 12.7. The fraction of sp³-hybridized carbons (Fsp3) is 0. The normalized spacial score (nSPS) is 9.95. The van der Waals surface area contributed by atoms with Gasteiger partial charge in [-0.25, -0.2) is 14.0 Å². The highest BCUT2D eigenvalue weighted by atomic mass is 32.1. The van der Waals surface area contributed by atoms with E-state index in [9.17, 15) is 14.0 Å². The molecule has 0 aliphatic heterocycles. The van der Waals surface area contributed by atoms with Crippen LogP contribution >= 0.6 is 11.3 Å². The van der Waals surface area contributed by atoms with E-state index in [1.54, 1.807) is 5.38 Å². The molecule has 0 radical (unpaired) electrons. The maximum absolute atomic E-state index is 12.7. The van der Waals surface area contributed by atoms with Gasteiger partial charge in [-0.15, -0.1) is 11.3 Å². The number of urea groups is 1. The van der Waals surface area contributed by atoms with E-state index >= 15 is 0 Å². The summed E-state index contributed by atoms with van der Waals surface area (Å²) in [5.41, 5.74) is 0.628. The number of carbonyl (C=O) groups excluding carboxylic acids is 1. The van der Waals surface area contributed by atoms with Crippen LogP contribution in [0.25, 0.3) is 0 Å². The summed E-state index contributed by atoms with van der Waals surface area (Å²) in [4.78, 5) is 22.5. The number of carboxylic acid groups (broad SMARTS) is 1. The van der Waals surface area contributed by atoms with Crippen LogP contribution in [0.3, 0.4) is 0 Å². The van der Waals surface area contributed by atoms with Crippen molar-refractivity contribution in [3.05, 3.63) is 46.4 Å². The number of hydrogen-bond donors (Lipinski definition) is 3. The zero-order chi connectivity index (χ0) is 13.8. The predicted octanol–water partition coefficient (Wildman–Crippen LogP) is 3.23. The van der Waals surface area contributed by atoms with E-state index in [-0.39, 0.29) is 10.6 Å². The molecule has 0 atom stereocenters. The van der Waals surface area contributed by atoms with Crippen LogP contribution in [0.4, 0.5) is 20.6 Å². The van der Waals surface area contributed by atoms with Gasteiger partial charge < -0.3 is 15.7 Å². The lowest BCUT2D eigenvalue weighted by atomic mass is 10.3. The Hall–Kier alpha value is -2.41. The number of aromatic carboxylic acids is 1. The van der Waals surface area contributed by atoms with Crippen LogP contribution in [0, 0.1) is 5.82 Å². The van der Waals surface area contributed by atoms with E-state index in [1.807, 2.05) is 0 Å². The zero-order valence-corrected chi connectivity index (χ0v) is 10.3. The van der Waals surface area contributed by atoms with Gasteiger partial charge in [0, 0.05) is 5.69 Å². The molecular weight excluding hydrogens is 271 g/mol. The Morgan fingerprint density at radius 1 is 1.11 bits per heavy atom. The molecular formula is C12H9FN2O3S. The molecule has 0 spiro atoms. The smallest absolute Gasteiger partial charge is 0.348 e. The Kier molecular flexibility index (Phi) is 3.76. The molecule has 2 aromatic rings. The first-order chi connectivity index (χ1) is 9.06. The number of halogens is 1. The zero-order valence-electron chi connectivity index (χ0n) is 9.51. The molecule has 0 saturated heterocycles. The second-order valence-corrected chi connectivity index (χ2v) is 4.47. The minimum absolute atomic E-state index is 0.0502. The number of thiophene rings is 1. The molecule has 1 aromatic heterocycles. The highest BCUT2D eigenvalue weighted by molar-refractivity contribution is 7.12. The van der Waals surface area contributed by atoms with Crippen molar-refractivity contribution in [3.63, 3.8) is 0 Å². The number of hydrogen-bond acceptors (Lipinski definition) is 3. The Balaban J connectivity index is 2.03. The van der Waals surface area contributed by atoms with Crippen LogP contribution in [-0.2, 0) is 0 Å². The molecule has 1 aromatic carbocycles. The van der Waals surface area contributed by atoms with Gasteiger partial charge in [0.15, 0.2) is 0 Å². The standard InChI is InChI=1S/C12H9FN2O3S/c13-7-1-3-8(4-2-7)14-12(18)15-9-5-6-19-10(9)11(16)17/h1-6H,(H,16,17)(H2,14,15,18). The third kappa shape index (κ3) is 3.29. The van der Waals surface area contributed by atoms with Crippen molar-refractivity contribution in [2.24, 2.45) is 0 Å². The SMILES string of the molecule is O=C(Nc1ccc(F)cc1)Nc1ccsc1C(=O)O. The second kappa shape index (κ2) is 5.49. The van der Waals surface area contributed by atoms with Crippen molar-refractivity contribution in [2.45, 2.75) is 0 Å². The number of amides is 2. The first-order valence-electron chi connectivity index (χ1n) is 5.20. The minimum atomic E-state index is -1.10. The lowest BCUT2D eigenvalue weighted by molar-refractivity contribution is 0.0703. The fourth-order valence-corrected chi connectivity index (χ4v) is 2.08. The van der Waals surface area contributed by atoms with Crippen molar-refractivity contribution < 1.29 is 19.1 Å². The van der Waals surface area contributed by atoms with Gasteiger partial charge in [-0.2, -0.15) is 0 Å². The van der Waals surface area contributed by atoms with Gasteiger partial charge in [-0.3, -0.25) is 0 Å². The van der Waals surface area contributed by atoms with Gasteiger partial charge in [0.2, 0.25) is 0 Å². The molecule has 3 N–H and O–H groups in total. The van der Waals surface area contributed by atoms with Gasteiger partial charge in [0.1, 0.15) is 10.7 Å². The van der Waals surface area contributed by atoms with E-state index < -0.39 is 17.8 Å². The van der Waals surface area contributed by atoms with Crippen LogP contribution < -0.4 is 10.6 Å². The number of rotatable bonds is 3. The van der Waals surface area contributed by atoms with Gasteiger partial charge >= 0.3 is 12.0 Å². The molecule has 5 nitrogen and oxygen atoms in total. The molecule has 1 heterocycles. The topological polar surface area (TPSA) is 78.4 Å². The van der Waals surface area contributed by atoms with Crippen molar-refractivity contribution in [3.8, 4) is 0 Å². The molecule has 2 amide bonds. The van der Waals surface area contributed by atoms with Crippen molar-refractivity contribution in [1.29, 1.82) is 0 Å². The first-order valence-corrected chi connectivity index (χ1v) is 6.08. The van der Waals surface area contributed by atoms with Crippen LogP contribution in [-0.4, -0.2) is 17.1 Å². The van der Waals surface area contributed by atoms with E-state index in [0.29, 0.717) is 5.69 Å². The summed E-state index contributed by atoms with van der Waals surface area (Å²) in [6, 6.07) is 6.14. The van der Waals surface area contributed by atoms with Crippen molar-refractivity contribution in [2.75, 3.05) is 10.6 Å². The third-order valence-electron chi connectivity index (χ3n) is 2.21. The maximum Gasteiger partial charge on any atom is 0.348 e. The number of nitrogens with one attached hydrogen (secondary N) is 2. The Morgan fingerprint density at radius 3 is 2.42 bits per heavy atom. The van der Waals surface area contributed by atoms with Crippen LogP contribution in [0.15, 0.2) is 35.7 Å². The Bertz CT molecular complexity index is 610. The quantitative estimate of drug-likeness (QED) is 0.807. The van der Waals surface area contributed by atoms with Gasteiger partial charge in [0.05, 0.1) is 5.69 Å². The number of carbonyl (C=O) groups is 2.